The average Bonchev–Trinajstić information content (AvgIpc) is 2.13. The largest absolute Gasteiger partial charge is 0.309 e. The van der Waals surface area contributed by atoms with Gasteiger partial charge in [0, 0.05) is 24.2 Å². The Balaban J connectivity index is 2.35. The van der Waals surface area contributed by atoms with E-state index < -0.39 is 0 Å². The first-order valence-electron chi connectivity index (χ1n) is 7.55. The molecule has 18 heavy (non-hydrogen) atoms. The van der Waals surface area contributed by atoms with Gasteiger partial charge in [0.05, 0.1) is 0 Å². The van der Waals surface area contributed by atoms with Crippen molar-refractivity contribution >= 4 is 0 Å². The first-order valence-corrected chi connectivity index (χ1v) is 7.55. The Kier molecular flexibility index (Phi) is 5.25. The Bertz CT molecular complexity index is 239. The number of nitrogens with one attached hydrogen (secondary N) is 1. The second-order valence-corrected chi connectivity index (χ2v) is 8.38. The van der Waals surface area contributed by atoms with Crippen LogP contribution in [0.3, 0.4) is 0 Å². The topological polar surface area (TPSA) is 15.3 Å². The van der Waals surface area contributed by atoms with Crippen molar-refractivity contribution in [1.82, 2.24) is 10.2 Å². The van der Waals surface area contributed by atoms with E-state index in [4.69, 9.17) is 0 Å². The quantitative estimate of drug-likeness (QED) is 0.827. The predicted octanol–water partition coefficient (Wildman–Crippen LogP) is 3.66. The molecule has 2 nitrogen and oxygen atoms in total. The van der Waals surface area contributed by atoms with Crippen LogP contribution in [0.15, 0.2) is 0 Å². The van der Waals surface area contributed by atoms with Crippen LogP contribution in [-0.2, 0) is 0 Å². The van der Waals surface area contributed by atoms with Gasteiger partial charge in [-0.15, -0.1) is 0 Å². The Hall–Kier alpha value is -0.0800. The highest BCUT2D eigenvalue weighted by Gasteiger charge is 2.27. The van der Waals surface area contributed by atoms with Crippen LogP contribution >= 0.6 is 0 Å². The minimum atomic E-state index is 0.259. The summed E-state index contributed by atoms with van der Waals surface area (Å²) in [4.78, 5) is 2.58. The molecule has 1 aliphatic carbocycles. The molecule has 0 unspecified atom stereocenters. The molecule has 1 saturated carbocycles. The standard InChI is InChI=1S/C16H34N2/c1-15(2,3)12-18(7)14-10-8-13(9-11-14)17-16(4,5)6/h13-14,17H,8-12H2,1-7H3. The molecule has 108 valence electrons. The van der Waals surface area contributed by atoms with Crippen LogP contribution in [0.5, 0.6) is 0 Å². The van der Waals surface area contributed by atoms with Crippen LogP contribution in [0.25, 0.3) is 0 Å². The molecule has 0 amide bonds. The van der Waals surface area contributed by atoms with Crippen molar-refractivity contribution < 1.29 is 0 Å². The van der Waals surface area contributed by atoms with E-state index in [1.807, 2.05) is 0 Å². The number of rotatable bonds is 3. The van der Waals surface area contributed by atoms with Gasteiger partial charge in [-0.2, -0.15) is 0 Å². The molecule has 0 saturated heterocycles. The molecular formula is C16H34N2. The molecule has 0 bridgehead atoms. The van der Waals surface area contributed by atoms with Crippen LogP contribution in [-0.4, -0.2) is 36.1 Å². The van der Waals surface area contributed by atoms with E-state index in [2.05, 4.69) is 58.8 Å². The van der Waals surface area contributed by atoms with Gasteiger partial charge in [-0.25, -0.2) is 0 Å². The van der Waals surface area contributed by atoms with Crippen LogP contribution in [0, 0.1) is 5.41 Å². The molecule has 1 fully saturated rings. The summed E-state index contributed by atoms with van der Waals surface area (Å²) in [6.45, 7) is 15.0. The van der Waals surface area contributed by atoms with E-state index in [1.54, 1.807) is 0 Å². The van der Waals surface area contributed by atoms with Crippen molar-refractivity contribution in [3.8, 4) is 0 Å². The highest BCUT2D eigenvalue weighted by atomic mass is 15.1. The molecule has 0 atom stereocenters. The normalized spacial score (nSPS) is 26.7. The van der Waals surface area contributed by atoms with Crippen LogP contribution in [0.4, 0.5) is 0 Å². The molecule has 0 aliphatic heterocycles. The maximum absolute atomic E-state index is 3.75. The highest BCUT2D eigenvalue weighted by molar-refractivity contribution is 4.86. The fourth-order valence-corrected chi connectivity index (χ4v) is 3.15. The average molecular weight is 254 g/mol. The zero-order valence-corrected chi connectivity index (χ0v) is 13.6. The van der Waals surface area contributed by atoms with Crippen molar-refractivity contribution in [3.05, 3.63) is 0 Å². The fourth-order valence-electron chi connectivity index (χ4n) is 3.15. The Morgan fingerprint density at radius 2 is 1.44 bits per heavy atom. The van der Waals surface area contributed by atoms with Gasteiger partial charge in [-0.05, 0) is 58.9 Å². The summed E-state index contributed by atoms with van der Waals surface area (Å²) in [6, 6.07) is 1.52. The molecule has 0 spiro atoms. The summed E-state index contributed by atoms with van der Waals surface area (Å²) in [5, 5.41) is 3.75. The maximum atomic E-state index is 3.75. The number of hydrogen-bond acceptors (Lipinski definition) is 2. The van der Waals surface area contributed by atoms with E-state index in [9.17, 15) is 0 Å². The van der Waals surface area contributed by atoms with Crippen molar-refractivity contribution in [3.63, 3.8) is 0 Å². The molecule has 1 aliphatic rings. The third kappa shape index (κ3) is 6.19. The van der Waals surface area contributed by atoms with Crippen molar-refractivity contribution in [2.24, 2.45) is 5.41 Å². The SMILES string of the molecule is CN(CC(C)(C)C)C1CCC(NC(C)(C)C)CC1. The first-order chi connectivity index (χ1) is 8.07. The highest BCUT2D eigenvalue weighted by Crippen LogP contribution is 2.26. The Labute approximate surface area is 115 Å². The molecule has 0 aromatic carbocycles. The minimum absolute atomic E-state index is 0.259. The zero-order valence-electron chi connectivity index (χ0n) is 13.6. The molecule has 2 heteroatoms. The van der Waals surface area contributed by atoms with Crippen LogP contribution in [0.2, 0.25) is 0 Å². The maximum Gasteiger partial charge on any atom is 0.00990 e. The molecule has 0 aromatic heterocycles. The second kappa shape index (κ2) is 5.92. The summed E-state index contributed by atoms with van der Waals surface area (Å²) in [5.74, 6) is 0. The Morgan fingerprint density at radius 1 is 0.944 bits per heavy atom. The van der Waals surface area contributed by atoms with Crippen LogP contribution in [0.1, 0.15) is 67.2 Å². The lowest BCUT2D eigenvalue weighted by Crippen LogP contribution is -2.48. The molecule has 0 heterocycles. The van der Waals surface area contributed by atoms with Gasteiger partial charge in [0.15, 0.2) is 0 Å². The summed E-state index contributed by atoms with van der Waals surface area (Å²) in [7, 11) is 2.30. The molecule has 1 N–H and O–H groups in total. The third-order valence-electron chi connectivity index (χ3n) is 3.68. The van der Waals surface area contributed by atoms with Crippen molar-refractivity contribution in [1.29, 1.82) is 0 Å². The lowest BCUT2D eigenvalue weighted by atomic mass is 9.87. The lowest BCUT2D eigenvalue weighted by Gasteiger charge is -2.39. The minimum Gasteiger partial charge on any atom is -0.309 e. The molecule has 1 rings (SSSR count). The smallest absolute Gasteiger partial charge is 0.00990 e. The van der Waals surface area contributed by atoms with Gasteiger partial charge in [0.1, 0.15) is 0 Å². The van der Waals surface area contributed by atoms with Crippen molar-refractivity contribution in [2.75, 3.05) is 13.6 Å². The number of hydrogen-bond donors (Lipinski definition) is 1. The molecular weight excluding hydrogens is 220 g/mol. The summed E-state index contributed by atoms with van der Waals surface area (Å²) in [6.07, 6.45) is 5.35. The van der Waals surface area contributed by atoms with Gasteiger partial charge < -0.3 is 10.2 Å². The van der Waals surface area contributed by atoms with Gasteiger partial charge in [-0.1, -0.05) is 20.8 Å². The first kappa shape index (κ1) is 16.0. The molecule has 0 radical (unpaired) electrons. The second-order valence-electron chi connectivity index (χ2n) is 8.38. The summed E-state index contributed by atoms with van der Waals surface area (Å²) in [5.41, 5.74) is 0.671. The fraction of sp³-hybridized carbons (Fsp3) is 1.00. The third-order valence-corrected chi connectivity index (χ3v) is 3.68. The summed E-state index contributed by atoms with van der Waals surface area (Å²) < 4.78 is 0. The van der Waals surface area contributed by atoms with E-state index >= 15 is 0 Å². The van der Waals surface area contributed by atoms with Crippen molar-refractivity contribution in [2.45, 2.75) is 84.8 Å². The molecule has 0 aromatic rings. The van der Waals surface area contributed by atoms with E-state index in [-0.39, 0.29) is 5.54 Å². The summed E-state index contributed by atoms with van der Waals surface area (Å²) >= 11 is 0. The Morgan fingerprint density at radius 3 is 1.83 bits per heavy atom. The van der Waals surface area contributed by atoms with E-state index in [1.165, 1.54) is 32.2 Å². The van der Waals surface area contributed by atoms with Crippen LogP contribution < -0.4 is 5.32 Å². The zero-order chi connectivity index (χ0) is 14.0. The number of nitrogens with zero attached hydrogens (tertiary/aromatic N) is 1. The lowest BCUT2D eigenvalue weighted by molar-refractivity contribution is 0.126. The van der Waals surface area contributed by atoms with Gasteiger partial charge in [-0.3, -0.25) is 0 Å². The predicted molar refractivity (Wildman–Crippen MR) is 81.0 cm³/mol. The van der Waals surface area contributed by atoms with Gasteiger partial charge in [0.25, 0.3) is 0 Å². The van der Waals surface area contributed by atoms with E-state index in [0.29, 0.717) is 5.41 Å². The van der Waals surface area contributed by atoms with E-state index in [0.717, 1.165) is 12.1 Å². The van der Waals surface area contributed by atoms with Gasteiger partial charge >= 0.3 is 0 Å². The van der Waals surface area contributed by atoms with Gasteiger partial charge in [0.2, 0.25) is 0 Å². The monoisotopic (exact) mass is 254 g/mol.